The Balaban J connectivity index is 2.59. The Morgan fingerprint density at radius 3 is 2.47 bits per heavy atom. The molecule has 0 aromatic carbocycles. The highest BCUT2D eigenvalue weighted by atomic mass is 19.4. The molecule has 0 saturated carbocycles. The van der Waals surface area contributed by atoms with Crippen LogP contribution in [0.2, 0.25) is 0 Å². The molecule has 1 unspecified atom stereocenters. The molecule has 1 heterocycles. The van der Waals surface area contributed by atoms with E-state index in [1.807, 2.05) is 6.92 Å². The molecule has 1 saturated heterocycles. The van der Waals surface area contributed by atoms with Gasteiger partial charge in [0.15, 0.2) is 0 Å². The number of nitrogens with zero attached hydrogens (tertiary/aromatic N) is 1. The first kappa shape index (κ1) is 15.8. The first-order chi connectivity index (χ1) is 8.70. The summed E-state index contributed by atoms with van der Waals surface area (Å²) in [5.41, 5.74) is -0.983. The van der Waals surface area contributed by atoms with Crippen LogP contribution in [0, 0.1) is 5.41 Å². The summed E-state index contributed by atoms with van der Waals surface area (Å²) in [4.78, 5) is 24.2. The Kier molecular flexibility index (Phi) is 4.81. The van der Waals surface area contributed by atoms with E-state index < -0.39 is 36.3 Å². The monoisotopic (exact) mass is 281 g/mol. The smallest absolute Gasteiger partial charge is 0.389 e. The molecular formula is C12H18F3NO3. The summed E-state index contributed by atoms with van der Waals surface area (Å²) >= 11 is 0. The quantitative estimate of drug-likeness (QED) is 0.842. The summed E-state index contributed by atoms with van der Waals surface area (Å²) in [5, 5.41) is 9.24. The number of carbonyl (C=O) groups excluding carboxylic acids is 1. The second-order valence-corrected chi connectivity index (χ2v) is 5.02. The maximum Gasteiger partial charge on any atom is 0.389 e. The van der Waals surface area contributed by atoms with Crippen LogP contribution in [-0.4, -0.2) is 41.1 Å². The molecule has 1 aliphatic rings. The van der Waals surface area contributed by atoms with E-state index in [9.17, 15) is 27.9 Å². The molecule has 7 heteroatoms. The maximum absolute atomic E-state index is 12.0. The van der Waals surface area contributed by atoms with Gasteiger partial charge < -0.3 is 10.0 Å². The normalized spacial score (nSPS) is 23.7. The van der Waals surface area contributed by atoms with Crippen LogP contribution >= 0.6 is 0 Å². The Morgan fingerprint density at radius 2 is 2.00 bits per heavy atom. The van der Waals surface area contributed by atoms with Crippen molar-refractivity contribution < 1.29 is 27.9 Å². The molecule has 1 amide bonds. The van der Waals surface area contributed by atoms with Gasteiger partial charge >= 0.3 is 12.1 Å². The van der Waals surface area contributed by atoms with Gasteiger partial charge in [-0.15, -0.1) is 0 Å². The molecule has 1 atom stereocenters. The zero-order chi connectivity index (χ0) is 14.7. The summed E-state index contributed by atoms with van der Waals surface area (Å²) in [6.07, 6.45) is -4.71. The van der Waals surface area contributed by atoms with Crippen molar-refractivity contribution in [2.75, 3.05) is 13.1 Å². The SMILES string of the molecule is CCCC1(C(=O)O)CCN(C(=O)CCC(F)(F)F)C1. The molecule has 0 bridgehead atoms. The Bertz CT molecular complexity index is 357. The van der Waals surface area contributed by atoms with E-state index in [0.717, 1.165) is 0 Å². The second-order valence-electron chi connectivity index (χ2n) is 5.02. The van der Waals surface area contributed by atoms with Gasteiger partial charge in [0.2, 0.25) is 5.91 Å². The minimum atomic E-state index is -4.36. The van der Waals surface area contributed by atoms with Gasteiger partial charge in [0.05, 0.1) is 11.8 Å². The second kappa shape index (κ2) is 5.79. The molecule has 1 aliphatic heterocycles. The van der Waals surface area contributed by atoms with Crippen molar-refractivity contribution in [3.63, 3.8) is 0 Å². The van der Waals surface area contributed by atoms with Crippen LogP contribution < -0.4 is 0 Å². The number of hydrogen-bond donors (Lipinski definition) is 1. The predicted molar refractivity (Wildman–Crippen MR) is 61.5 cm³/mol. The molecule has 0 aromatic rings. The molecule has 0 aromatic heterocycles. The number of rotatable bonds is 5. The zero-order valence-electron chi connectivity index (χ0n) is 10.8. The Morgan fingerprint density at radius 1 is 1.37 bits per heavy atom. The van der Waals surface area contributed by atoms with Crippen molar-refractivity contribution in [3.05, 3.63) is 0 Å². The number of likely N-dealkylation sites (tertiary alicyclic amines) is 1. The van der Waals surface area contributed by atoms with Crippen LogP contribution in [0.25, 0.3) is 0 Å². The number of carboxylic acid groups (broad SMARTS) is 1. The first-order valence-electron chi connectivity index (χ1n) is 6.28. The van der Waals surface area contributed by atoms with Crippen molar-refractivity contribution in [3.8, 4) is 0 Å². The number of amides is 1. The lowest BCUT2D eigenvalue weighted by molar-refractivity contribution is -0.151. The fourth-order valence-corrected chi connectivity index (χ4v) is 2.46. The van der Waals surface area contributed by atoms with Gasteiger partial charge in [-0.1, -0.05) is 13.3 Å². The van der Waals surface area contributed by atoms with E-state index in [2.05, 4.69) is 0 Å². The van der Waals surface area contributed by atoms with Crippen molar-refractivity contribution in [2.45, 2.75) is 45.2 Å². The Hall–Kier alpha value is -1.27. The number of alkyl halides is 3. The molecule has 1 fully saturated rings. The van der Waals surface area contributed by atoms with E-state index in [-0.39, 0.29) is 13.1 Å². The lowest BCUT2D eigenvalue weighted by atomic mass is 9.83. The van der Waals surface area contributed by atoms with E-state index in [1.54, 1.807) is 0 Å². The van der Waals surface area contributed by atoms with Crippen LogP contribution in [0.4, 0.5) is 13.2 Å². The highest BCUT2D eigenvalue weighted by Crippen LogP contribution is 2.36. The standard InChI is InChI=1S/C12H18F3NO3/c1-2-4-11(10(18)19)6-7-16(8-11)9(17)3-5-12(13,14)15/h2-8H2,1H3,(H,18,19). The minimum absolute atomic E-state index is 0.0207. The number of carbonyl (C=O) groups is 2. The topological polar surface area (TPSA) is 57.6 Å². The highest BCUT2D eigenvalue weighted by molar-refractivity contribution is 5.80. The summed E-state index contributed by atoms with van der Waals surface area (Å²) in [6.45, 7) is 2.09. The molecule has 19 heavy (non-hydrogen) atoms. The molecule has 0 spiro atoms. The third kappa shape index (κ3) is 4.11. The van der Waals surface area contributed by atoms with Crippen LogP contribution in [0.3, 0.4) is 0 Å². The third-order valence-electron chi connectivity index (χ3n) is 3.51. The van der Waals surface area contributed by atoms with Crippen molar-refractivity contribution in [2.24, 2.45) is 5.41 Å². The molecule has 1 N–H and O–H groups in total. The average molecular weight is 281 g/mol. The molecule has 0 aliphatic carbocycles. The highest BCUT2D eigenvalue weighted by Gasteiger charge is 2.45. The lowest BCUT2D eigenvalue weighted by Crippen LogP contribution is -2.37. The Labute approximate surface area is 109 Å². The van der Waals surface area contributed by atoms with Gasteiger partial charge in [0.25, 0.3) is 0 Å². The maximum atomic E-state index is 12.0. The van der Waals surface area contributed by atoms with Gasteiger partial charge in [0, 0.05) is 19.5 Å². The van der Waals surface area contributed by atoms with Crippen LogP contribution in [-0.2, 0) is 9.59 Å². The van der Waals surface area contributed by atoms with Crippen LogP contribution in [0.5, 0.6) is 0 Å². The van der Waals surface area contributed by atoms with Crippen LogP contribution in [0.1, 0.15) is 39.0 Å². The number of carboxylic acids is 1. The number of hydrogen-bond acceptors (Lipinski definition) is 2. The first-order valence-corrected chi connectivity index (χ1v) is 6.28. The van der Waals surface area contributed by atoms with Gasteiger partial charge in [-0.25, -0.2) is 0 Å². The van der Waals surface area contributed by atoms with E-state index in [1.165, 1.54) is 4.90 Å². The summed E-state index contributed by atoms with van der Waals surface area (Å²) in [7, 11) is 0. The summed E-state index contributed by atoms with van der Waals surface area (Å²) < 4.78 is 36.1. The average Bonchev–Trinajstić information content (AvgIpc) is 2.71. The van der Waals surface area contributed by atoms with Crippen LogP contribution in [0.15, 0.2) is 0 Å². The zero-order valence-corrected chi connectivity index (χ0v) is 10.8. The lowest BCUT2D eigenvalue weighted by Gasteiger charge is -2.24. The fourth-order valence-electron chi connectivity index (χ4n) is 2.46. The van der Waals surface area contributed by atoms with E-state index in [0.29, 0.717) is 19.3 Å². The minimum Gasteiger partial charge on any atom is -0.481 e. The fraction of sp³-hybridized carbons (Fsp3) is 0.833. The molecule has 4 nitrogen and oxygen atoms in total. The van der Waals surface area contributed by atoms with Gasteiger partial charge in [-0.05, 0) is 12.8 Å². The van der Waals surface area contributed by atoms with Crippen molar-refractivity contribution in [1.29, 1.82) is 0 Å². The summed E-state index contributed by atoms with van der Waals surface area (Å²) in [5.74, 6) is -1.59. The largest absolute Gasteiger partial charge is 0.481 e. The van der Waals surface area contributed by atoms with Crippen molar-refractivity contribution in [1.82, 2.24) is 4.90 Å². The van der Waals surface area contributed by atoms with E-state index >= 15 is 0 Å². The van der Waals surface area contributed by atoms with Gasteiger partial charge in [-0.3, -0.25) is 9.59 Å². The van der Waals surface area contributed by atoms with Crippen molar-refractivity contribution >= 4 is 11.9 Å². The van der Waals surface area contributed by atoms with E-state index in [4.69, 9.17) is 0 Å². The molecule has 1 rings (SSSR count). The van der Waals surface area contributed by atoms with Gasteiger partial charge in [0.1, 0.15) is 0 Å². The molecular weight excluding hydrogens is 263 g/mol. The third-order valence-corrected chi connectivity index (χ3v) is 3.51. The number of aliphatic carboxylic acids is 1. The molecule has 110 valence electrons. The summed E-state index contributed by atoms with van der Waals surface area (Å²) in [6, 6.07) is 0. The number of halogens is 3. The van der Waals surface area contributed by atoms with Gasteiger partial charge in [-0.2, -0.15) is 13.2 Å². The predicted octanol–water partition coefficient (Wildman–Crippen LogP) is 2.43. The molecule has 0 radical (unpaired) electrons.